The van der Waals surface area contributed by atoms with E-state index in [1.807, 2.05) is 0 Å². The Morgan fingerprint density at radius 1 is 1.08 bits per heavy atom. The minimum absolute atomic E-state index is 0.0647. The second kappa shape index (κ2) is 11.5. The zero-order valence-corrected chi connectivity index (χ0v) is 23.7. The van der Waals surface area contributed by atoms with Crippen molar-refractivity contribution in [1.29, 1.82) is 0 Å². The smallest absolute Gasteiger partial charge is 0.498 e. The molecule has 4 aliphatic carbocycles. The number of allylic oxidation sites excluding steroid dienone is 1. The van der Waals surface area contributed by atoms with Crippen molar-refractivity contribution in [2.45, 2.75) is 111 Å². The van der Waals surface area contributed by atoms with Crippen LogP contribution in [0, 0.1) is 46.3 Å². The van der Waals surface area contributed by atoms with Crippen molar-refractivity contribution in [3.63, 3.8) is 0 Å². The minimum Gasteiger partial charge on any atom is -0.498 e. The van der Waals surface area contributed by atoms with Gasteiger partial charge in [0.15, 0.2) is 0 Å². The first-order chi connectivity index (χ1) is 17.2. The Kier molecular flexibility index (Phi) is 8.83. The van der Waals surface area contributed by atoms with E-state index < -0.39 is 6.16 Å². The molecule has 0 radical (unpaired) electrons. The monoisotopic (exact) mass is 500 g/mol. The lowest BCUT2D eigenvalue weighted by molar-refractivity contribution is -0.0621. The molecule has 36 heavy (non-hydrogen) atoms. The number of hydrogen-bond donors (Lipinski definition) is 0. The lowest BCUT2D eigenvalue weighted by atomic mass is 9.47. The summed E-state index contributed by atoms with van der Waals surface area (Å²) in [4.78, 5) is 12.1. The molecular weight excluding hydrogens is 448 g/mol. The van der Waals surface area contributed by atoms with Crippen LogP contribution >= 0.6 is 0 Å². The highest BCUT2D eigenvalue weighted by Crippen LogP contribution is 2.67. The molecule has 3 unspecified atom stereocenters. The molecule has 8 atom stereocenters. The van der Waals surface area contributed by atoms with Gasteiger partial charge in [-0.1, -0.05) is 72.1 Å². The fourth-order valence-electron chi connectivity index (χ4n) is 9.18. The van der Waals surface area contributed by atoms with Crippen LogP contribution in [0.3, 0.4) is 0 Å². The largest absolute Gasteiger partial charge is 0.508 e. The van der Waals surface area contributed by atoms with Gasteiger partial charge in [0.2, 0.25) is 0 Å². The lowest BCUT2D eigenvalue weighted by Gasteiger charge is -2.58. The highest BCUT2D eigenvalue weighted by molar-refractivity contribution is 5.60. The molecule has 4 aliphatic rings. The Morgan fingerprint density at radius 2 is 1.89 bits per heavy atom. The summed E-state index contributed by atoms with van der Waals surface area (Å²) in [6, 6.07) is 0. The second-order valence-electron chi connectivity index (χ2n) is 13.4. The molecule has 0 saturated heterocycles. The van der Waals surface area contributed by atoms with Crippen molar-refractivity contribution >= 4 is 6.16 Å². The van der Waals surface area contributed by atoms with Gasteiger partial charge in [-0.15, -0.1) is 0 Å². The predicted octanol–water partition coefficient (Wildman–Crippen LogP) is 8.71. The Bertz CT molecular complexity index is 802. The minimum atomic E-state index is -0.571. The van der Waals surface area contributed by atoms with E-state index in [1.165, 1.54) is 57.6 Å². The van der Waals surface area contributed by atoms with Gasteiger partial charge < -0.3 is 14.2 Å². The van der Waals surface area contributed by atoms with E-state index in [2.05, 4.69) is 47.3 Å². The maximum Gasteiger partial charge on any atom is 0.508 e. The molecule has 0 aromatic carbocycles. The highest BCUT2D eigenvalue weighted by Gasteiger charge is 2.59. The summed E-state index contributed by atoms with van der Waals surface area (Å²) in [5, 5.41) is 0. The van der Waals surface area contributed by atoms with Crippen molar-refractivity contribution in [3.8, 4) is 0 Å². The topological polar surface area (TPSA) is 44.8 Å². The van der Waals surface area contributed by atoms with Crippen LogP contribution in [-0.4, -0.2) is 25.5 Å². The van der Waals surface area contributed by atoms with Crippen LogP contribution in [0.25, 0.3) is 0 Å². The predicted molar refractivity (Wildman–Crippen MR) is 145 cm³/mol. The van der Waals surface area contributed by atoms with E-state index in [4.69, 9.17) is 14.2 Å². The van der Waals surface area contributed by atoms with Gasteiger partial charge in [0, 0.05) is 6.42 Å². The zero-order valence-electron chi connectivity index (χ0n) is 23.7. The fraction of sp³-hybridized carbons (Fsp3) is 0.844. The standard InChI is InChI=1S/C32H52O4/c1-7-34-19-20-35-30(33)36-25-15-17-31(5)24(21-25)11-12-26-28-14-13-27(23(4)10-8-9-22(2)3)32(28,6)18-16-29(26)31/h7,11,22-23,25-29H,1,8-10,12-21H2,2-6H3/t23-,25+,26?,27-,28?,29?,31+,32-/m1/s1. The first-order valence-corrected chi connectivity index (χ1v) is 14.9. The third kappa shape index (κ3) is 5.53. The van der Waals surface area contributed by atoms with E-state index in [-0.39, 0.29) is 18.1 Å². The van der Waals surface area contributed by atoms with Crippen molar-refractivity contribution in [2.24, 2.45) is 46.3 Å². The molecular formula is C32H52O4. The summed E-state index contributed by atoms with van der Waals surface area (Å²) >= 11 is 0. The second-order valence-corrected chi connectivity index (χ2v) is 13.4. The van der Waals surface area contributed by atoms with Crippen molar-refractivity contribution in [3.05, 3.63) is 24.5 Å². The Morgan fingerprint density at radius 3 is 2.64 bits per heavy atom. The first-order valence-electron chi connectivity index (χ1n) is 14.9. The van der Waals surface area contributed by atoms with Gasteiger partial charge in [0.05, 0.1) is 6.26 Å². The van der Waals surface area contributed by atoms with Gasteiger partial charge in [0.25, 0.3) is 0 Å². The summed E-state index contributed by atoms with van der Waals surface area (Å²) in [7, 11) is 0. The van der Waals surface area contributed by atoms with Crippen LogP contribution in [0.4, 0.5) is 4.79 Å². The quantitative estimate of drug-likeness (QED) is 0.130. The average molecular weight is 501 g/mol. The Hall–Kier alpha value is -1.45. The molecule has 0 aliphatic heterocycles. The SMILES string of the molecule is C=COCCOC(=O)O[C@H]1CC[C@@]2(C)C(=CCC3C2CC[C@@]2(C)C3CC[C@@H]2[C@H](C)CCCC(C)C)C1. The summed E-state index contributed by atoms with van der Waals surface area (Å²) in [6.07, 6.45) is 17.3. The van der Waals surface area contributed by atoms with Crippen molar-refractivity contribution in [1.82, 2.24) is 0 Å². The van der Waals surface area contributed by atoms with Crippen molar-refractivity contribution in [2.75, 3.05) is 13.2 Å². The maximum atomic E-state index is 12.1. The number of carbonyl (C=O) groups is 1. The number of hydrogen-bond acceptors (Lipinski definition) is 4. The number of fused-ring (bicyclic) bond motifs is 5. The van der Waals surface area contributed by atoms with E-state index in [1.54, 1.807) is 5.57 Å². The average Bonchev–Trinajstić information content (AvgIpc) is 3.19. The molecule has 4 heteroatoms. The van der Waals surface area contributed by atoms with Crippen LogP contribution in [0.5, 0.6) is 0 Å². The molecule has 3 fully saturated rings. The number of carbonyl (C=O) groups excluding carboxylic acids is 1. The lowest BCUT2D eigenvalue weighted by Crippen LogP contribution is -2.51. The molecule has 0 aromatic rings. The molecule has 0 aromatic heterocycles. The molecule has 4 nitrogen and oxygen atoms in total. The Balaban J connectivity index is 1.37. The molecule has 0 heterocycles. The molecule has 0 amide bonds. The molecule has 0 N–H and O–H groups in total. The van der Waals surface area contributed by atoms with E-state index in [9.17, 15) is 4.79 Å². The van der Waals surface area contributed by atoms with Crippen LogP contribution in [0.1, 0.15) is 105 Å². The van der Waals surface area contributed by atoms with Gasteiger partial charge in [-0.2, -0.15) is 0 Å². The molecule has 0 bridgehead atoms. The molecule has 4 rings (SSSR count). The third-order valence-electron chi connectivity index (χ3n) is 11.1. The summed E-state index contributed by atoms with van der Waals surface area (Å²) in [6.45, 7) is 16.5. The van der Waals surface area contributed by atoms with Crippen LogP contribution < -0.4 is 0 Å². The summed E-state index contributed by atoms with van der Waals surface area (Å²) < 4.78 is 15.9. The van der Waals surface area contributed by atoms with Gasteiger partial charge >= 0.3 is 6.16 Å². The normalized spacial score (nSPS) is 38.3. The van der Waals surface area contributed by atoms with Gasteiger partial charge in [0.1, 0.15) is 19.3 Å². The number of ether oxygens (including phenoxy) is 3. The van der Waals surface area contributed by atoms with Crippen molar-refractivity contribution < 1.29 is 19.0 Å². The van der Waals surface area contributed by atoms with E-state index in [0.717, 1.165) is 54.8 Å². The van der Waals surface area contributed by atoms with E-state index >= 15 is 0 Å². The van der Waals surface area contributed by atoms with Gasteiger partial charge in [-0.25, -0.2) is 4.79 Å². The number of rotatable bonds is 10. The maximum absolute atomic E-state index is 12.1. The molecule has 3 saturated carbocycles. The fourth-order valence-corrected chi connectivity index (χ4v) is 9.18. The highest BCUT2D eigenvalue weighted by atomic mass is 16.7. The summed E-state index contributed by atoms with van der Waals surface area (Å²) in [5.41, 5.74) is 2.34. The summed E-state index contributed by atoms with van der Waals surface area (Å²) in [5.74, 6) is 5.08. The van der Waals surface area contributed by atoms with Gasteiger partial charge in [-0.05, 0) is 91.3 Å². The van der Waals surface area contributed by atoms with Crippen LogP contribution in [0.2, 0.25) is 0 Å². The Labute approximate surface area is 220 Å². The van der Waals surface area contributed by atoms with Crippen LogP contribution in [0.15, 0.2) is 24.5 Å². The molecule has 204 valence electrons. The zero-order chi connectivity index (χ0) is 25.9. The van der Waals surface area contributed by atoms with Crippen LogP contribution in [-0.2, 0) is 14.2 Å². The third-order valence-corrected chi connectivity index (χ3v) is 11.1. The first kappa shape index (κ1) is 27.6. The van der Waals surface area contributed by atoms with Gasteiger partial charge in [-0.3, -0.25) is 0 Å². The van der Waals surface area contributed by atoms with E-state index in [0.29, 0.717) is 12.0 Å². The molecule has 0 spiro atoms.